The van der Waals surface area contributed by atoms with Crippen molar-refractivity contribution in [3.63, 3.8) is 0 Å². The second-order valence-electron chi connectivity index (χ2n) is 3.50. The average Bonchev–Trinajstić information content (AvgIpc) is 2.88. The smallest absolute Gasteiger partial charge is 0.373 e. The highest BCUT2D eigenvalue weighted by atomic mass is 32.1. The van der Waals surface area contributed by atoms with Gasteiger partial charge in [-0.25, -0.2) is 9.78 Å². The highest BCUT2D eigenvalue weighted by Gasteiger charge is 2.18. The number of nitrogens with zero attached hydrogens (tertiary/aromatic N) is 1. The summed E-state index contributed by atoms with van der Waals surface area (Å²) in [5.41, 5.74) is 0.407. The lowest BCUT2D eigenvalue weighted by atomic mass is 10.4. The molecule has 0 aliphatic rings. The van der Waals surface area contributed by atoms with E-state index in [1.54, 1.807) is 29.6 Å². The fourth-order valence-corrected chi connectivity index (χ4v) is 3.61. The van der Waals surface area contributed by atoms with Gasteiger partial charge in [-0.2, -0.15) is 0 Å². The van der Waals surface area contributed by atoms with Crippen molar-refractivity contribution in [2.24, 2.45) is 0 Å². The largest absolute Gasteiger partial charge is 0.475 e. The molecule has 0 aromatic carbocycles. The molecule has 17 heavy (non-hydrogen) atoms. The molecule has 3 rings (SSSR count). The van der Waals surface area contributed by atoms with Crippen LogP contribution in [0.25, 0.3) is 20.2 Å². The van der Waals surface area contributed by atoms with Gasteiger partial charge in [-0.05, 0) is 24.4 Å². The first-order valence-electron chi connectivity index (χ1n) is 4.83. The SMILES string of the molecule is Cc1nc(-c2cc3sccc3s2)oc1C(=O)O. The van der Waals surface area contributed by atoms with E-state index >= 15 is 0 Å². The Bertz CT molecular complexity index is 679. The number of oxazole rings is 1. The molecule has 0 aliphatic carbocycles. The van der Waals surface area contributed by atoms with Crippen LogP contribution in [0.4, 0.5) is 0 Å². The molecular formula is C11H7NO3S2. The maximum absolute atomic E-state index is 10.9. The van der Waals surface area contributed by atoms with Crippen molar-refractivity contribution in [1.82, 2.24) is 4.98 Å². The van der Waals surface area contributed by atoms with E-state index in [-0.39, 0.29) is 5.76 Å². The fourth-order valence-electron chi connectivity index (χ4n) is 1.57. The molecular weight excluding hydrogens is 258 g/mol. The zero-order valence-corrected chi connectivity index (χ0v) is 10.4. The van der Waals surface area contributed by atoms with E-state index < -0.39 is 5.97 Å². The average molecular weight is 265 g/mol. The van der Waals surface area contributed by atoms with Crippen LogP contribution in [0.5, 0.6) is 0 Å². The molecule has 1 N–H and O–H groups in total. The summed E-state index contributed by atoms with van der Waals surface area (Å²) in [6.45, 7) is 1.63. The molecule has 3 heterocycles. The van der Waals surface area contributed by atoms with Gasteiger partial charge in [0.1, 0.15) is 0 Å². The van der Waals surface area contributed by atoms with Crippen molar-refractivity contribution in [2.75, 3.05) is 0 Å². The number of aromatic carboxylic acids is 1. The van der Waals surface area contributed by atoms with Crippen LogP contribution in [-0.4, -0.2) is 16.1 Å². The van der Waals surface area contributed by atoms with Gasteiger partial charge in [0.2, 0.25) is 11.7 Å². The molecule has 0 saturated heterocycles. The third-order valence-corrected chi connectivity index (χ3v) is 4.42. The predicted octanol–water partition coefficient (Wildman–Crippen LogP) is 3.62. The van der Waals surface area contributed by atoms with Gasteiger partial charge in [0, 0.05) is 9.40 Å². The van der Waals surface area contributed by atoms with Crippen LogP contribution in [-0.2, 0) is 0 Å². The van der Waals surface area contributed by atoms with Crippen molar-refractivity contribution in [1.29, 1.82) is 0 Å². The first-order chi connectivity index (χ1) is 8.15. The van der Waals surface area contributed by atoms with Crippen molar-refractivity contribution in [3.8, 4) is 10.8 Å². The van der Waals surface area contributed by atoms with Crippen LogP contribution in [0.2, 0.25) is 0 Å². The highest BCUT2D eigenvalue weighted by molar-refractivity contribution is 7.28. The van der Waals surface area contributed by atoms with Crippen LogP contribution >= 0.6 is 22.7 Å². The van der Waals surface area contributed by atoms with Gasteiger partial charge in [-0.15, -0.1) is 22.7 Å². The van der Waals surface area contributed by atoms with Gasteiger partial charge in [-0.1, -0.05) is 0 Å². The maximum atomic E-state index is 10.9. The Balaban J connectivity index is 2.12. The number of carboxylic acid groups (broad SMARTS) is 1. The molecule has 6 heteroatoms. The van der Waals surface area contributed by atoms with Crippen molar-refractivity contribution < 1.29 is 14.3 Å². The van der Waals surface area contributed by atoms with E-state index in [0.29, 0.717) is 11.6 Å². The molecule has 0 amide bonds. The number of thiophene rings is 2. The minimum Gasteiger partial charge on any atom is -0.475 e. The molecule has 0 unspecified atom stereocenters. The third-order valence-electron chi connectivity index (χ3n) is 2.34. The monoisotopic (exact) mass is 265 g/mol. The van der Waals surface area contributed by atoms with E-state index in [2.05, 4.69) is 4.98 Å². The Hall–Kier alpha value is -1.66. The topological polar surface area (TPSA) is 63.3 Å². The van der Waals surface area contributed by atoms with Crippen LogP contribution in [0, 0.1) is 6.92 Å². The van der Waals surface area contributed by atoms with Gasteiger partial charge in [0.05, 0.1) is 10.6 Å². The van der Waals surface area contributed by atoms with E-state index in [1.807, 2.05) is 17.5 Å². The van der Waals surface area contributed by atoms with Gasteiger partial charge in [0.15, 0.2) is 0 Å². The van der Waals surface area contributed by atoms with E-state index in [0.717, 1.165) is 14.3 Å². The van der Waals surface area contributed by atoms with Crippen LogP contribution in [0.15, 0.2) is 21.9 Å². The fraction of sp³-hybridized carbons (Fsp3) is 0.0909. The zero-order chi connectivity index (χ0) is 12.0. The number of aromatic nitrogens is 1. The minimum atomic E-state index is -1.08. The van der Waals surface area contributed by atoms with Crippen LogP contribution < -0.4 is 0 Å². The van der Waals surface area contributed by atoms with Gasteiger partial charge < -0.3 is 9.52 Å². The molecule has 0 saturated carbocycles. The van der Waals surface area contributed by atoms with Gasteiger partial charge in [-0.3, -0.25) is 0 Å². The molecule has 0 spiro atoms. The molecule has 4 nitrogen and oxygen atoms in total. The molecule has 0 fully saturated rings. The Kier molecular flexibility index (Phi) is 2.27. The quantitative estimate of drug-likeness (QED) is 0.768. The van der Waals surface area contributed by atoms with Crippen LogP contribution in [0.3, 0.4) is 0 Å². The Labute approximate surface area is 104 Å². The number of carbonyl (C=O) groups is 1. The number of rotatable bonds is 2. The lowest BCUT2D eigenvalue weighted by molar-refractivity contribution is 0.0662. The maximum Gasteiger partial charge on any atom is 0.373 e. The van der Waals surface area contributed by atoms with Gasteiger partial charge >= 0.3 is 5.97 Å². The number of carboxylic acids is 1. The lowest BCUT2D eigenvalue weighted by Gasteiger charge is -1.86. The summed E-state index contributed by atoms with van der Waals surface area (Å²) in [5.74, 6) is -0.787. The first-order valence-corrected chi connectivity index (χ1v) is 6.53. The first kappa shape index (κ1) is 10.5. The predicted molar refractivity (Wildman–Crippen MR) is 66.9 cm³/mol. The molecule has 86 valence electrons. The molecule has 3 aromatic rings. The van der Waals surface area contributed by atoms with E-state index in [9.17, 15) is 4.79 Å². The number of hydrogen-bond donors (Lipinski definition) is 1. The second kappa shape index (κ2) is 3.68. The summed E-state index contributed by atoms with van der Waals surface area (Å²) in [6, 6.07) is 4.00. The zero-order valence-electron chi connectivity index (χ0n) is 8.76. The third kappa shape index (κ3) is 1.65. The standard InChI is InChI=1S/C11H7NO3S2/c1-5-9(11(13)14)15-10(12-5)8-4-7-6(17-8)2-3-16-7/h2-4H,1H3,(H,13,14). The molecule has 0 aliphatic heterocycles. The number of fused-ring (bicyclic) bond motifs is 1. The summed E-state index contributed by atoms with van der Waals surface area (Å²) >= 11 is 3.20. The molecule has 0 radical (unpaired) electrons. The van der Waals surface area contributed by atoms with Gasteiger partial charge in [0.25, 0.3) is 0 Å². The molecule has 0 atom stereocenters. The summed E-state index contributed by atoms with van der Waals surface area (Å²) in [7, 11) is 0. The van der Waals surface area contributed by atoms with Crippen molar-refractivity contribution in [3.05, 3.63) is 29.0 Å². The van der Waals surface area contributed by atoms with Crippen LogP contribution in [0.1, 0.15) is 16.2 Å². The summed E-state index contributed by atoms with van der Waals surface area (Å²) in [5, 5.41) is 10.9. The Morgan fingerprint density at radius 3 is 2.94 bits per heavy atom. The summed E-state index contributed by atoms with van der Waals surface area (Å²) in [6.07, 6.45) is 0. The van der Waals surface area contributed by atoms with Crippen molar-refractivity contribution >= 4 is 38.0 Å². The number of hydrogen-bond acceptors (Lipinski definition) is 5. The Morgan fingerprint density at radius 1 is 1.47 bits per heavy atom. The normalized spacial score (nSPS) is 11.1. The molecule has 3 aromatic heterocycles. The number of aryl methyl sites for hydroxylation is 1. The summed E-state index contributed by atoms with van der Waals surface area (Å²) < 4.78 is 7.59. The minimum absolute atomic E-state index is 0.0863. The Morgan fingerprint density at radius 2 is 2.29 bits per heavy atom. The highest BCUT2D eigenvalue weighted by Crippen LogP contribution is 2.36. The second-order valence-corrected chi connectivity index (χ2v) is 5.53. The lowest BCUT2D eigenvalue weighted by Crippen LogP contribution is -1.95. The van der Waals surface area contributed by atoms with Crippen molar-refractivity contribution in [2.45, 2.75) is 6.92 Å². The molecule has 0 bridgehead atoms. The summed E-state index contributed by atoms with van der Waals surface area (Å²) in [4.78, 5) is 15.9. The van der Waals surface area contributed by atoms with E-state index in [1.165, 1.54) is 0 Å². The van der Waals surface area contributed by atoms with E-state index in [4.69, 9.17) is 9.52 Å².